The van der Waals surface area contributed by atoms with Crippen LogP contribution in [0, 0.1) is 11.3 Å². The predicted octanol–water partition coefficient (Wildman–Crippen LogP) is 5.52. The molecular formula is C26H32N2O2S. The molecule has 3 heterocycles. The number of ether oxygens (including phenoxy) is 1. The van der Waals surface area contributed by atoms with Gasteiger partial charge in [-0.3, -0.25) is 4.90 Å². The number of thioether (sulfide) groups is 1. The molecule has 0 spiro atoms. The zero-order valence-corrected chi connectivity index (χ0v) is 19.5. The number of piperidine rings is 3. The van der Waals surface area contributed by atoms with Crippen molar-refractivity contribution in [2.24, 2.45) is 11.3 Å². The second-order valence-corrected chi connectivity index (χ2v) is 10.8. The first kappa shape index (κ1) is 20.9. The molecule has 0 radical (unpaired) electrons. The highest BCUT2D eigenvalue weighted by Crippen LogP contribution is 2.46. The van der Waals surface area contributed by atoms with Gasteiger partial charge in [0.1, 0.15) is 6.10 Å². The zero-order valence-electron chi connectivity index (χ0n) is 18.7. The number of nitrogens with zero attached hydrogens (tertiary/aromatic N) is 1. The first-order chi connectivity index (χ1) is 14.9. The summed E-state index contributed by atoms with van der Waals surface area (Å²) in [6, 6.07) is 15.3. The highest BCUT2D eigenvalue weighted by Gasteiger charge is 2.42. The molecule has 0 saturated carbocycles. The average Bonchev–Trinajstić information content (AvgIpc) is 3.03. The van der Waals surface area contributed by atoms with Crippen LogP contribution in [0.4, 0.5) is 4.79 Å². The maximum absolute atomic E-state index is 12.8. The molecule has 2 bridgehead atoms. The van der Waals surface area contributed by atoms with Crippen molar-refractivity contribution in [1.29, 1.82) is 0 Å². The molecule has 164 valence electrons. The monoisotopic (exact) mass is 436 g/mol. The lowest BCUT2D eigenvalue weighted by molar-refractivity contribution is -0.0348. The standard InChI is InChI=1S/C26H32N2O2S/c1-26(2)15-20-13-19(18-5-4-6-21(14-18)31-3)7-8-22(20)24(26)27-25(29)30-23-16-28-11-9-17(23)10-12-28/h4-8,13-14,17,23-24H,9-12,15-16H2,1-3H3,(H,27,29)/t23-,24?/m1/s1. The quantitative estimate of drug-likeness (QED) is 0.641. The van der Waals surface area contributed by atoms with Crippen molar-refractivity contribution in [3.8, 4) is 11.1 Å². The van der Waals surface area contributed by atoms with E-state index in [0.717, 1.165) is 38.9 Å². The fraction of sp³-hybridized carbons (Fsp3) is 0.500. The number of nitrogens with one attached hydrogen (secondary N) is 1. The number of hydrogen-bond acceptors (Lipinski definition) is 4. The van der Waals surface area contributed by atoms with Gasteiger partial charge in [0.15, 0.2) is 0 Å². The molecule has 31 heavy (non-hydrogen) atoms. The summed E-state index contributed by atoms with van der Waals surface area (Å²) in [4.78, 5) is 16.5. The van der Waals surface area contributed by atoms with Gasteiger partial charge >= 0.3 is 6.09 Å². The lowest BCUT2D eigenvalue weighted by atomic mass is 9.85. The van der Waals surface area contributed by atoms with Crippen molar-refractivity contribution < 1.29 is 9.53 Å². The van der Waals surface area contributed by atoms with Crippen molar-refractivity contribution in [2.75, 3.05) is 25.9 Å². The molecule has 2 aromatic carbocycles. The van der Waals surface area contributed by atoms with Crippen LogP contribution in [0.15, 0.2) is 47.4 Å². The highest BCUT2D eigenvalue weighted by molar-refractivity contribution is 7.98. The molecular weight excluding hydrogens is 404 g/mol. The van der Waals surface area contributed by atoms with Gasteiger partial charge in [-0.25, -0.2) is 4.79 Å². The van der Waals surface area contributed by atoms with Gasteiger partial charge in [-0.15, -0.1) is 11.8 Å². The van der Waals surface area contributed by atoms with E-state index in [1.54, 1.807) is 11.8 Å². The number of carbonyl (C=O) groups is 1. The Balaban J connectivity index is 1.33. The van der Waals surface area contributed by atoms with Gasteiger partial charge in [-0.1, -0.05) is 44.2 Å². The van der Waals surface area contributed by atoms with Crippen LogP contribution < -0.4 is 5.32 Å². The molecule has 1 aliphatic carbocycles. The molecule has 3 fully saturated rings. The molecule has 4 aliphatic rings. The third-order valence-corrected chi connectivity index (χ3v) is 8.13. The van der Waals surface area contributed by atoms with Crippen LogP contribution in [-0.2, 0) is 11.2 Å². The summed E-state index contributed by atoms with van der Waals surface area (Å²) in [6.45, 7) is 7.66. The smallest absolute Gasteiger partial charge is 0.407 e. The highest BCUT2D eigenvalue weighted by atomic mass is 32.2. The van der Waals surface area contributed by atoms with Crippen molar-refractivity contribution in [2.45, 2.75) is 50.2 Å². The third-order valence-electron chi connectivity index (χ3n) is 7.40. The average molecular weight is 437 g/mol. The number of benzene rings is 2. The topological polar surface area (TPSA) is 41.6 Å². The number of amides is 1. The van der Waals surface area contributed by atoms with Crippen molar-refractivity contribution in [3.63, 3.8) is 0 Å². The van der Waals surface area contributed by atoms with E-state index in [-0.39, 0.29) is 23.7 Å². The number of carbonyl (C=O) groups excluding carboxylic acids is 1. The lowest BCUT2D eigenvalue weighted by Gasteiger charge is -2.44. The van der Waals surface area contributed by atoms with E-state index < -0.39 is 0 Å². The van der Waals surface area contributed by atoms with Crippen molar-refractivity contribution in [1.82, 2.24) is 10.2 Å². The normalized spacial score (nSPS) is 28.2. The minimum absolute atomic E-state index is 0.0253. The Labute approximate surface area is 189 Å². The first-order valence-electron chi connectivity index (χ1n) is 11.4. The minimum atomic E-state index is -0.263. The molecule has 1 unspecified atom stereocenters. The Morgan fingerprint density at radius 2 is 1.90 bits per heavy atom. The molecule has 1 N–H and O–H groups in total. The van der Waals surface area contributed by atoms with Gasteiger partial charge in [0.05, 0.1) is 6.04 Å². The van der Waals surface area contributed by atoms with Crippen LogP contribution in [0.25, 0.3) is 11.1 Å². The zero-order chi connectivity index (χ0) is 21.6. The van der Waals surface area contributed by atoms with Crippen LogP contribution >= 0.6 is 11.8 Å². The summed E-state index contributed by atoms with van der Waals surface area (Å²) in [7, 11) is 0. The maximum Gasteiger partial charge on any atom is 0.407 e. The van der Waals surface area contributed by atoms with E-state index in [1.165, 1.54) is 27.1 Å². The van der Waals surface area contributed by atoms with E-state index >= 15 is 0 Å². The lowest BCUT2D eigenvalue weighted by Crippen LogP contribution is -2.53. The molecule has 6 rings (SSSR count). The van der Waals surface area contributed by atoms with E-state index in [4.69, 9.17) is 4.74 Å². The van der Waals surface area contributed by atoms with Crippen LogP contribution in [0.2, 0.25) is 0 Å². The van der Waals surface area contributed by atoms with E-state index in [9.17, 15) is 4.79 Å². The van der Waals surface area contributed by atoms with Gasteiger partial charge in [-0.2, -0.15) is 0 Å². The number of fused-ring (bicyclic) bond motifs is 4. The van der Waals surface area contributed by atoms with Crippen LogP contribution in [-0.4, -0.2) is 43.0 Å². The maximum atomic E-state index is 12.8. The summed E-state index contributed by atoms with van der Waals surface area (Å²) in [5.74, 6) is 0.527. The molecule has 2 aromatic rings. The Morgan fingerprint density at radius 3 is 2.61 bits per heavy atom. The van der Waals surface area contributed by atoms with Gasteiger partial charge in [0.2, 0.25) is 0 Å². The Morgan fingerprint density at radius 1 is 1.13 bits per heavy atom. The summed E-state index contributed by atoms with van der Waals surface area (Å²) < 4.78 is 5.92. The van der Waals surface area contributed by atoms with Crippen molar-refractivity contribution in [3.05, 3.63) is 53.6 Å². The largest absolute Gasteiger partial charge is 0.445 e. The van der Waals surface area contributed by atoms with Gasteiger partial charge in [-0.05, 0) is 84.3 Å². The SMILES string of the molecule is CSc1cccc(-c2ccc3c(c2)CC(C)(C)C3NC(=O)O[C@@H]2CN3CCC2CC3)c1. The molecule has 5 heteroatoms. The van der Waals surface area contributed by atoms with E-state index in [0.29, 0.717) is 5.92 Å². The summed E-state index contributed by atoms with van der Waals surface area (Å²) >= 11 is 1.76. The fourth-order valence-corrected chi connectivity index (χ4v) is 6.10. The fourth-order valence-electron chi connectivity index (χ4n) is 5.64. The number of rotatable bonds is 4. The number of alkyl carbamates (subject to hydrolysis) is 1. The second-order valence-electron chi connectivity index (χ2n) is 9.97. The molecule has 1 amide bonds. The first-order valence-corrected chi connectivity index (χ1v) is 12.6. The Bertz CT molecular complexity index is 981. The number of hydrogen-bond donors (Lipinski definition) is 1. The summed E-state index contributed by atoms with van der Waals surface area (Å²) in [5.41, 5.74) is 4.98. The molecule has 0 aromatic heterocycles. The summed E-state index contributed by atoms with van der Waals surface area (Å²) in [6.07, 6.45) is 5.13. The molecule has 3 saturated heterocycles. The summed E-state index contributed by atoms with van der Waals surface area (Å²) in [5, 5.41) is 3.23. The van der Waals surface area contributed by atoms with E-state index in [2.05, 4.69) is 72.8 Å². The van der Waals surface area contributed by atoms with E-state index in [1.807, 2.05) is 0 Å². The Kier molecular flexibility index (Phi) is 5.51. The van der Waals surface area contributed by atoms with Gasteiger partial charge in [0, 0.05) is 11.4 Å². The Hall–Kier alpha value is -1.98. The third kappa shape index (κ3) is 4.10. The molecule has 3 aliphatic heterocycles. The van der Waals surface area contributed by atoms with Crippen LogP contribution in [0.1, 0.15) is 43.9 Å². The van der Waals surface area contributed by atoms with Crippen molar-refractivity contribution >= 4 is 17.9 Å². The van der Waals surface area contributed by atoms with Crippen LogP contribution in [0.3, 0.4) is 0 Å². The van der Waals surface area contributed by atoms with Crippen LogP contribution in [0.5, 0.6) is 0 Å². The second kappa shape index (κ2) is 8.18. The predicted molar refractivity (Wildman–Crippen MR) is 126 cm³/mol. The minimum Gasteiger partial charge on any atom is -0.445 e. The van der Waals surface area contributed by atoms with Gasteiger partial charge < -0.3 is 10.1 Å². The molecule has 2 atom stereocenters. The van der Waals surface area contributed by atoms with Gasteiger partial charge in [0.25, 0.3) is 0 Å². The molecule has 4 nitrogen and oxygen atoms in total.